The number of aliphatic hydroxyl groups excluding tert-OH is 1. The summed E-state index contributed by atoms with van der Waals surface area (Å²) in [5, 5.41) is 13.7. The number of hydrogen-bond donors (Lipinski definition) is 4. The minimum absolute atomic E-state index is 0.0242. The number of carbonyl (C=O) groups excluding carboxylic acids is 2. The van der Waals surface area contributed by atoms with Gasteiger partial charge in [-0.1, -0.05) is 6.92 Å². The normalized spacial score (nSPS) is 14.1. The molecule has 6 heteroatoms. The van der Waals surface area contributed by atoms with Crippen LogP contribution in [0.5, 0.6) is 0 Å². The van der Waals surface area contributed by atoms with E-state index in [2.05, 4.69) is 10.6 Å². The first-order valence-electron chi connectivity index (χ1n) is 4.98. The fourth-order valence-electron chi connectivity index (χ4n) is 1.14. The molecule has 88 valence electrons. The quantitative estimate of drug-likeness (QED) is 0.473. The summed E-state index contributed by atoms with van der Waals surface area (Å²) in [5.74, 6) is -0.297. The van der Waals surface area contributed by atoms with E-state index in [1.54, 1.807) is 6.92 Å². The number of nitrogens with two attached hydrogens (primary N) is 1. The molecule has 15 heavy (non-hydrogen) atoms. The van der Waals surface area contributed by atoms with Gasteiger partial charge in [0.1, 0.15) is 6.04 Å². The molecule has 0 aliphatic carbocycles. The molecule has 0 aliphatic heterocycles. The molecular weight excluding hydrogens is 198 g/mol. The molecule has 0 saturated carbocycles. The largest absolute Gasteiger partial charge is 0.396 e. The molecule has 0 heterocycles. The Balaban J connectivity index is 4.03. The topological polar surface area (TPSA) is 104 Å². The Morgan fingerprint density at radius 1 is 1.40 bits per heavy atom. The first kappa shape index (κ1) is 13.7. The van der Waals surface area contributed by atoms with Crippen molar-refractivity contribution in [1.82, 2.24) is 10.6 Å². The number of aliphatic hydroxyl groups is 1. The maximum atomic E-state index is 11.5. The zero-order chi connectivity index (χ0) is 11.8. The third kappa shape index (κ3) is 5.90. The van der Waals surface area contributed by atoms with Crippen molar-refractivity contribution in [2.45, 2.75) is 38.8 Å². The van der Waals surface area contributed by atoms with Gasteiger partial charge in [-0.25, -0.2) is 4.79 Å². The van der Waals surface area contributed by atoms with Crippen molar-refractivity contribution in [3.05, 3.63) is 0 Å². The Hall–Kier alpha value is -1.30. The minimum Gasteiger partial charge on any atom is -0.396 e. The highest BCUT2D eigenvalue weighted by atomic mass is 16.3. The zero-order valence-electron chi connectivity index (χ0n) is 9.12. The number of amides is 3. The molecule has 0 bridgehead atoms. The highest BCUT2D eigenvalue weighted by molar-refractivity contribution is 5.86. The van der Waals surface area contributed by atoms with Crippen LogP contribution in [-0.2, 0) is 4.79 Å². The molecular formula is C9H19N3O3. The monoisotopic (exact) mass is 217 g/mol. The standard InChI is InChI=1S/C9H19N3O3/c1-3-7(4-5-13)12-8(14)6(2)11-9(10)15/h6-7,13H,3-5H2,1-2H3,(H,12,14)(H3,10,11,15). The molecule has 0 aromatic heterocycles. The number of carbonyl (C=O) groups is 2. The third-order valence-electron chi connectivity index (χ3n) is 2.07. The van der Waals surface area contributed by atoms with Crippen molar-refractivity contribution in [3.63, 3.8) is 0 Å². The second kappa shape index (κ2) is 7.05. The van der Waals surface area contributed by atoms with Gasteiger partial charge in [0.25, 0.3) is 0 Å². The summed E-state index contributed by atoms with van der Waals surface area (Å²) in [6.45, 7) is 3.48. The summed E-state index contributed by atoms with van der Waals surface area (Å²) in [7, 11) is 0. The van der Waals surface area contributed by atoms with E-state index in [0.717, 1.165) is 6.42 Å². The van der Waals surface area contributed by atoms with Crippen molar-refractivity contribution in [3.8, 4) is 0 Å². The number of rotatable bonds is 6. The minimum atomic E-state index is -0.729. The van der Waals surface area contributed by atoms with Crippen LogP contribution >= 0.6 is 0 Å². The van der Waals surface area contributed by atoms with E-state index in [9.17, 15) is 9.59 Å². The molecule has 2 atom stereocenters. The van der Waals surface area contributed by atoms with Crippen LogP contribution < -0.4 is 16.4 Å². The summed E-state index contributed by atoms with van der Waals surface area (Å²) in [6, 6.07) is -1.46. The predicted molar refractivity (Wildman–Crippen MR) is 56.1 cm³/mol. The van der Waals surface area contributed by atoms with E-state index >= 15 is 0 Å². The van der Waals surface area contributed by atoms with E-state index in [-0.39, 0.29) is 18.6 Å². The SMILES string of the molecule is CCC(CCO)NC(=O)C(C)NC(N)=O. The molecule has 3 amide bonds. The third-order valence-corrected chi connectivity index (χ3v) is 2.07. The van der Waals surface area contributed by atoms with Crippen LogP contribution in [0, 0.1) is 0 Å². The highest BCUT2D eigenvalue weighted by Crippen LogP contribution is 1.97. The highest BCUT2D eigenvalue weighted by Gasteiger charge is 2.16. The Labute approximate surface area is 89.2 Å². The van der Waals surface area contributed by atoms with Crippen LogP contribution in [0.1, 0.15) is 26.7 Å². The van der Waals surface area contributed by atoms with Gasteiger partial charge in [0.15, 0.2) is 0 Å². The van der Waals surface area contributed by atoms with E-state index in [1.165, 1.54) is 0 Å². The Kier molecular flexibility index (Phi) is 6.44. The average molecular weight is 217 g/mol. The van der Waals surface area contributed by atoms with Gasteiger partial charge in [-0.15, -0.1) is 0 Å². The van der Waals surface area contributed by atoms with Gasteiger partial charge in [0.05, 0.1) is 0 Å². The van der Waals surface area contributed by atoms with Crippen LogP contribution in [0.15, 0.2) is 0 Å². The lowest BCUT2D eigenvalue weighted by molar-refractivity contribution is -0.123. The summed E-state index contributed by atoms with van der Waals surface area (Å²) in [6.07, 6.45) is 1.24. The smallest absolute Gasteiger partial charge is 0.312 e. The molecule has 0 radical (unpaired) electrons. The number of nitrogens with one attached hydrogen (secondary N) is 2. The van der Waals surface area contributed by atoms with Crippen LogP contribution in [-0.4, -0.2) is 35.7 Å². The van der Waals surface area contributed by atoms with Crippen molar-refractivity contribution in [1.29, 1.82) is 0 Å². The summed E-state index contributed by atoms with van der Waals surface area (Å²) >= 11 is 0. The van der Waals surface area contributed by atoms with Crippen LogP contribution in [0.4, 0.5) is 4.79 Å². The molecule has 0 aliphatic rings. The van der Waals surface area contributed by atoms with Gasteiger partial charge in [0.2, 0.25) is 5.91 Å². The lowest BCUT2D eigenvalue weighted by Gasteiger charge is -2.19. The van der Waals surface area contributed by atoms with Crippen molar-refractivity contribution in [2.24, 2.45) is 5.73 Å². The Morgan fingerprint density at radius 2 is 2.00 bits per heavy atom. The fourth-order valence-corrected chi connectivity index (χ4v) is 1.14. The van der Waals surface area contributed by atoms with Gasteiger partial charge in [-0.2, -0.15) is 0 Å². The van der Waals surface area contributed by atoms with Gasteiger partial charge in [0, 0.05) is 12.6 Å². The molecule has 2 unspecified atom stereocenters. The first-order chi connectivity index (χ1) is 7.01. The van der Waals surface area contributed by atoms with Crippen molar-refractivity contribution < 1.29 is 14.7 Å². The second-order valence-electron chi connectivity index (χ2n) is 3.36. The number of primary amides is 1. The molecule has 0 aromatic carbocycles. The maximum absolute atomic E-state index is 11.5. The lowest BCUT2D eigenvalue weighted by Crippen LogP contribution is -2.49. The molecule has 0 fully saturated rings. The molecule has 0 saturated heterocycles. The Bertz CT molecular complexity index is 221. The van der Waals surface area contributed by atoms with Crippen LogP contribution in [0.3, 0.4) is 0 Å². The summed E-state index contributed by atoms with van der Waals surface area (Å²) in [4.78, 5) is 21.9. The molecule has 0 spiro atoms. The Morgan fingerprint density at radius 3 is 2.40 bits per heavy atom. The second-order valence-corrected chi connectivity index (χ2v) is 3.36. The lowest BCUT2D eigenvalue weighted by atomic mass is 10.1. The van der Waals surface area contributed by atoms with Crippen molar-refractivity contribution in [2.75, 3.05) is 6.61 Å². The van der Waals surface area contributed by atoms with E-state index in [4.69, 9.17) is 10.8 Å². The number of hydrogen-bond acceptors (Lipinski definition) is 3. The van der Waals surface area contributed by atoms with Crippen molar-refractivity contribution >= 4 is 11.9 Å². The van der Waals surface area contributed by atoms with Gasteiger partial charge in [-0.05, 0) is 19.8 Å². The van der Waals surface area contributed by atoms with Crippen LogP contribution in [0.25, 0.3) is 0 Å². The van der Waals surface area contributed by atoms with Gasteiger partial charge < -0.3 is 21.5 Å². The van der Waals surface area contributed by atoms with E-state index < -0.39 is 12.1 Å². The number of urea groups is 1. The summed E-state index contributed by atoms with van der Waals surface area (Å²) < 4.78 is 0. The van der Waals surface area contributed by atoms with Crippen LogP contribution in [0.2, 0.25) is 0 Å². The average Bonchev–Trinajstić information content (AvgIpc) is 2.15. The predicted octanol–water partition coefficient (Wildman–Crippen LogP) is -0.680. The van der Waals surface area contributed by atoms with Gasteiger partial charge in [-0.3, -0.25) is 4.79 Å². The molecule has 0 aromatic rings. The maximum Gasteiger partial charge on any atom is 0.312 e. The zero-order valence-corrected chi connectivity index (χ0v) is 9.12. The summed E-state index contributed by atoms with van der Waals surface area (Å²) in [5.41, 5.74) is 4.88. The molecule has 6 nitrogen and oxygen atoms in total. The fraction of sp³-hybridized carbons (Fsp3) is 0.778. The van der Waals surface area contributed by atoms with E-state index in [1.807, 2.05) is 6.92 Å². The molecule has 5 N–H and O–H groups in total. The molecule has 0 rings (SSSR count). The van der Waals surface area contributed by atoms with E-state index in [0.29, 0.717) is 6.42 Å². The first-order valence-corrected chi connectivity index (χ1v) is 4.98. The van der Waals surface area contributed by atoms with Gasteiger partial charge >= 0.3 is 6.03 Å².